The van der Waals surface area contributed by atoms with Crippen molar-refractivity contribution in [2.75, 3.05) is 20.2 Å². The lowest BCUT2D eigenvalue weighted by Crippen LogP contribution is -2.54. The number of alkyl carbamates (subject to hydrolysis) is 1. The Morgan fingerprint density at radius 2 is 1.51 bits per heavy atom. The summed E-state index contributed by atoms with van der Waals surface area (Å²) in [4.78, 5) is 39.5. The zero-order valence-electron chi connectivity index (χ0n) is 21.9. The van der Waals surface area contributed by atoms with Gasteiger partial charge < -0.3 is 20.5 Å². The number of carbonyl (C=O) groups excluding carboxylic acids is 2. The minimum Gasteiger partial charge on any atom is -0.480 e. The molecule has 8 nitrogen and oxygen atoms in total. The van der Waals surface area contributed by atoms with Gasteiger partial charge in [-0.15, -0.1) is 6.58 Å². The van der Waals surface area contributed by atoms with Crippen LogP contribution in [0.15, 0.2) is 91.5 Å². The quantitative estimate of drug-likeness (QED) is 0.305. The highest BCUT2D eigenvalue weighted by molar-refractivity contribution is 5.89. The lowest BCUT2D eigenvalue weighted by atomic mass is 9.98. The smallest absolute Gasteiger partial charge is 0.407 e. The molecule has 0 radical (unpaired) electrons. The maximum Gasteiger partial charge on any atom is 0.407 e. The van der Waals surface area contributed by atoms with Gasteiger partial charge in [0.15, 0.2) is 0 Å². The molecule has 2 amide bonds. The number of nitrogens with zero attached hydrogens (tertiary/aromatic N) is 1. The van der Waals surface area contributed by atoms with Gasteiger partial charge in [0, 0.05) is 19.0 Å². The van der Waals surface area contributed by atoms with Crippen LogP contribution in [-0.2, 0) is 20.9 Å². The number of rotatable bonds is 12. The molecule has 3 aromatic rings. The van der Waals surface area contributed by atoms with Gasteiger partial charge in [-0.3, -0.25) is 9.69 Å². The molecule has 1 aliphatic rings. The number of fused-ring (bicyclic) bond motifs is 3. The molecule has 39 heavy (non-hydrogen) atoms. The number of ether oxygens (including phenoxy) is 1. The van der Waals surface area contributed by atoms with Crippen molar-refractivity contribution >= 4 is 18.0 Å². The Kier molecular flexibility index (Phi) is 9.12. The number of carboxylic acid groups (broad SMARTS) is 1. The van der Waals surface area contributed by atoms with Crippen LogP contribution in [0.25, 0.3) is 11.1 Å². The van der Waals surface area contributed by atoms with Crippen molar-refractivity contribution in [2.45, 2.75) is 31.0 Å². The van der Waals surface area contributed by atoms with Gasteiger partial charge in [0.1, 0.15) is 18.7 Å². The van der Waals surface area contributed by atoms with E-state index in [4.69, 9.17) is 4.74 Å². The van der Waals surface area contributed by atoms with E-state index < -0.39 is 30.1 Å². The lowest BCUT2D eigenvalue weighted by molar-refractivity contribution is -0.142. The molecule has 8 heteroatoms. The first-order chi connectivity index (χ1) is 18.9. The molecule has 4 rings (SSSR count). The summed E-state index contributed by atoms with van der Waals surface area (Å²) in [6, 6.07) is 23.5. The molecule has 0 heterocycles. The second-order valence-electron chi connectivity index (χ2n) is 9.63. The fraction of sp³-hybridized carbons (Fsp3) is 0.258. The molecule has 1 aliphatic carbocycles. The topological polar surface area (TPSA) is 108 Å². The summed E-state index contributed by atoms with van der Waals surface area (Å²) in [7, 11) is 1.78. The molecule has 0 spiro atoms. The van der Waals surface area contributed by atoms with Gasteiger partial charge >= 0.3 is 12.1 Å². The van der Waals surface area contributed by atoms with E-state index in [0.717, 1.165) is 27.8 Å². The van der Waals surface area contributed by atoms with Gasteiger partial charge in [-0.25, -0.2) is 9.59 Å². The number of likely N-dealkylation sites (N-methyl/N-ethyl adjacent to an activating group) is 1. The van der Waals surface area contributed by atoms with Gasteiger partial charge in [-0.1, -0.05) is 84.9 Å². The summed E-state index contributed by atoms with van der Waals surface area (Å²) in [5.41, 5.74) is 5.41. The fourth-order valence-electron chi connectivity index (χ4n) is 4.91. The largest absolute Gasteiger partial charge is 0.480 e. The summed E-state index contributed by atoms with van der Waals surface area (Å²) >= 11 is 0. The number of carboxylic acids is 1. The maximum absolute atomic E-state index is 13.0. The van der Waals surface area contributed by atoms with Crippen LogP contribution in [0.2, 0.25) is 0 Å². The van der Waals surface area contributed by atoms with Crippen LogP contribution in [-0.4, -0.2) is 60.3 Å². The normalized spacial score (nSPS) is 13.6. The number of hydrogen-bond donors (Lipinski definition) is 3. The van der Waals surface area contributed by atoms with Crippen molar-refractivity contribution < 1.29 is 24.2 Å². The van der Waals surface area contributed by atoms with E-state index in [1.165, 1.54) is 6.08 Å². The van der Waals surface area contributed by atoms with Crippen molar-refractivity contribution in [3.05, 3.63) is 108 Å². The SMILES string of the molecule is C=CCC(NC(=O)OCC1c2ccccc2-c2ccccc21)C(=O)NC(CN(C)Cc1ccccc1)C(=O)O. The Balaban J connectivity index is 1.35. The molecule has 202 valence electrons. The molecule has 0 fully saturated rings. The highest BCUT2D eigenvalue weighted by Gasteiger charge is 2.30. The van der Waals surface area contributed by atoms with Crippen LogP contribution in [0.4, 0.5) is 4.79 Å². The minimum atomic E-state index is -1.17. The van der Waals surface area contributed by atoms with Crippen LogP contribution in [0, 0.1) is 0 Å². The summed E-state index contributed by atoms with van der Waals surface area (Å²) in [5.74, 6) is -1.91. The molecule has 0 saturated heterocycles. The van der Waals surface area contributed by atoms with Gasteiger partial charge in [-0.2, -0.15) is 0 Å². The van der Waals surface area contributed by atoms with Gasteiger partial charge in [0.25, 0.3) is 0 Å². The molecule has 0 aromatic heterocycles. The van der Waals surface area contributed by atoms with Gasteiger partial charge in [-0.05, 0) is 41.3 Å². The number of nitrogens with one attached hydrogen (secondary N) is 2. The first-order valence-electron chi connectivity index (χ1n) is 12.9. The molecule has 2 atom stereocenters. The Morgan fingerprint density at radius 3 is 2.10 bits per heavy atom. The van der Waals surface area contributed by atoms with Gasteiger partial charge in [0.2, 0.25) is 5.91 Å². The van der Waals surface area contributed by atoms with E-state index in [-0.39, 0.29) is 25.5 Å². The molecule has 0 aliphatic heterocycles. The number of amides is 2. The van der Waals surface area contributed by atoms with E-state index in [1.807, 2.05) is 71.6 Å². The second kappa shape index (κ2) is 12.9. The molecule has 0 saturated carbocycles. The standard InChI is InChI=1S/C31H33N3O5/c1-3-11-27(29(35)32-28(30(36)37)19-34(2)18-21-12-5-4-6-13-21)33-31(38)39-20-26-24-16-9-7-14-22(24)23-15-8-10-17-25(23)26/h3-10,12-17,26-28H,1,11,18-20H2,2H3,(H,32,35)(H,33,38)(H,36,37). The average Bonchev–Trinajstić information content (AvgIpc) is 3.25. The fourth-order valence-corrected chi connectivity index (χ4v) is 4.91. The Bertz CT molecular complexity index is 1280. The number of aliphatic carboxylic acids is 1. The lowest BCUT2D eigenvalue weighted by Gasteiger charge is -2.24. The molecular formula is C31H33N3O5. The first kappa shape index (κ1) is 27.6. The van der Waals surface area contributed by atoms with E-state index in [1.54, 1.807) is 7.05 Å². The van der Waals surface area contributed by atoms with Crippen LogP contribution in [0.1, 0.15) is 29.0 Å². The second-order valence-corrected chi connectivity index (χ2v) is 9.63. The summed E-state index contributed by atoms with van der Waals surface area (Å²) in [6.45, 7) is 4.37. The molecule has 0 bridgehead atoms. The minimum absolute atomic E-state index is 0.0850. The van der Waals surface area contributed by atoms with Crippen molar-refractivity contribution in [1.82, 2.24) is 15.5 Å². The van der Waals surface area contributed by atoms with Crippen molar-refractivity contribution in [1.29, 1.82) is 0 Å². The molecular weight excluding hydrogens is 494 g/mol. The third kappa shape index (κ3) is 6.91. The first-order valence-corrected chi connectivity index (χ1v) is 12.9. The number of benzene rings is 3. The maximum atomic E-state index is 13.0. The van der Waals surface area contributed by atoms with E-state index in [0.29, 0.717) is 6.54 Å². The van der Waals surface area contributed by atoms with E-state index >= 15 is 0 Å². The zero-order chi connectivity index (χ0) is 27.8. The van der Waals surface area contributed by atoms with Crippen LogP contribution in [0.3, 0.4) is 0 Å². The van der Waals surface area contributed by atoms with Crippen LogP contribution in [0.5, 0.6) is 0 Å². The van der Waals surface area contributed by atoms with Crippen molar-refractivity contribution in [3.8, 4) is 11.1 Å². The van der Waals surface area contributed by atoms with E-state index in [2.05, 4.69) is 29.3 Å². The van der Waals surface area contributed by atoms with Crippen LogP contribution < -0.4 is 10.6 Å². The summed E-state index contributed by atoms with van der Waals surface area (Å²) < 4.78 is 5.56. The van der Waals surface area contributed by atoms with Crippen molar-refractivity contribution in [3.63, 3.8) is 0 Å². The predicted molar refractivity (Wildman–Crippen MR) is 149 cm³/mol. The monoisotopic (exact) mass is 527 g/mol. The summed E-state index contributed by atoms with van der Waals surface area (Å²) in [5, 5.41) is 14.8. The van der Waals surface area contributed by atoms with Crippen molar-refractivity contribution in [2.24, 2.45) is 0 Å². The molecule has 3 aromatic carbocycles. The molecule has 2 unspecified atom stereocenters. The highest BCUT2D eigenvalue weighted by Crippen LogP contribution is 2.44. The predicted octanol–water partition coefficient (Wildman–Crippen LogP) is 4.17. The Morgan fingerprint density at radius 1 is 0.923 bits per heavy atom. The number of hydrogen-bond acceptors (Lipinski definition) is 5. The number of carbonyl (C=O) groups is 3. The third-order valence-corrected chi connectivity index (χ3v) is 6.76. The Labute approximate surface area is 228 Å². The average molecular weight is 528 g/mol. The zero-order valence-corrected chi connectivity index (χ0v) is 21.9. The van der Waals surface area contributed by atoms with Crippen LogP contribution >= 0.6 is 0 Å². The third-order valence-electron chi connectivity index (χ3n) is 6.76. The summed E-state index contributed by atoms with van der Waals surface area (Å²) in [6.07, 6.45) is 0.847. The molecule has 3 N–H and O–H groups in total. The Hall–Kier alpha value is -4.43. The highest BCUT2D eigenvalue weighted by atomic mass is 16.5. The van der Waals surface area contributed by atoms with Gasteiger partial charge in [0.05, 0.1) is 0 Å². The van der Waals surface area contributed by atoms with E-state index in [9.17, 15) is 19.5 Å².